The van der Waals surface area contributed by atoms with Crippen molar-refractivity contribution in [1.29, 1.82) is 0 Å². The molecule has 3 heterocycles. The molecule has 0 spiro atoms. The molecule has 0 radical (unpaired) electrons. The molecule has 24 heavy (non-hydrogen) atoms. The van der Waals surface area contributed by atoms with E-state index in [0.717, 1.165) is 50.9 Å². The molecule has 6 nitrogen and oxygen atoms in total. The number of nitrogens with zero attached hydrogens (tertiary/aromatic N) is 5. The van der Waals surface area contributed by atoms with Crippen molar-refractivity contribution in [2.45, 2.75) is 39.2 Å². The normalized spacial score (nSPS) is 18.2. The fourth-order valence-corrected chi connectivity index (χ4v) is 3.00. The molecule has 0 aromatic carbocycles. The third-order valence-electron chi connectivity index (χ3n) is 4.70. The molecular formula is C18H27N5O. The lowest BCUT2D eigenvalue weighted by atomic mass is 10.2. The van der Waals surface area contributed by atoms with E-state index in [4.69, 9.17) is 4.52 Å². The number of rotatable bonds is 6. The van der Waals surface area contributed by atoms with Crippen molar-refractivity contribution in [2.24, 2.45) is 0 Å². The van der Waals surface area contributed by atoms with Crippen LogP contribution in [-0.4, -0.2) is 57.6 Å². The Morgan fingerprint density at radius 3 is 2.54 bits per heavy atom. The van der Waals surface area contributed by atoms with Crippen LogP contribution in [0.25, 0.3) is 0 Å². The molecule has 1 saturated heterocycles. The van der Waals surface area contributed by atoms with Crippen molar-refractivity contribution in [3.63, 3.8) is 0 Å². The third kappa shape index (κ3) is 4.19. The Balaban J connectivity index is 1.47. The van der Waals surface area contributed by atoms with Crippen molar-refractivity contribution in [3.05, 3.63) is 41.8 Å². The first-order chi connectivity index (χ1) is 11.6. The van der Waals surface area contributed by atoms with Crippen molar-refractivity contribution in [3.8, 4) is 0 Å². The van der Waals surface area contributed by atoms with Gasteiger partial charge in [0.15, 0.2) is 5.82 Å². The van der Waals surface area contributed by atoms with Crippen molar-refractivity contribution in [2.75, 3.05) is 32.7 Å². The third-order valence-corrected chi connectivity index (χ3v) is 4.70. The van der Waals surface area contributed by atoms with Gasteiger partial charge in [0.1, 0.15) is 0 Å². The molecule has 0 N–H and O–H groups in total. The summed E-state index contributed by atoms with van der Waals surface area (Å²) in [5.74, 6) is 1.84. The molecule has 0 aliphatic carbocycles. The number of piperazine rings is 1. The maximum Gasteiger partial charge on any atom is 0.243 e. The minimum absolute atomic E-state index is 0.183. The van der Waals surface area contributed by atoms with Crippen LogP contribution in [0, 0.1) is 0 Å². The molecule has 130 valence electrons. The zero-order chi connectivity index (χ0) is 16.9. The molecule has 0 unspecified atom stereocenters. The summed E-state index contributed by atoms with van der Waals surface area (Å²) in [5, 5.41) is 4.08. The SMILES string of the molecule is CC(C)c1noc([C@@H](C)N2CCN(CCc3ccccn3)CC2)n1. The van der Waals surface area contributed by atoms with Gasteiger partial charge in [0.05, 0.1) is 6.04 Å². The second-order valence-corrected chi connectivity index (χ2v) is 6.77. The van der Waals surface area contributed by atoms with Crippen LogP contribution < -0.4 is 0 Å². The van der Waals surface area contributed by atoms with Crippen LogP contribution in [0.3, 0.4) is 0 Å². The Morgan fingerprint density at radius 2 is 1.92 bits per heavy atom. The topological polar surface area (TPSA) is 58.3 Å². The molecule has 6 heteroatoms. The lowest BCUT2D eigenvalue weighted by Gasteiger charge is -2.36. The molecule has 2 aromatic rings. The molecule has 0 bridgehead atoms. The minimum atomic E-state index is 0.183. The molecule has 1 aliphatic rings. The van der Waals surface area contributed by atoms with Gasteiger partial charge in [-0.3, -0.25) is 9.88 Å². The second-order valence-electron chi connectivity index (χ2n) is 6.77. The summed E-state index contributed by atoms with van der Waals surface area (Å²) in [7, 11) is 0. The number of aromatic nitrogens is 3. The van der Waals surface area contributed by atoms with Crippen molar-refractivity contribution < 1.29 is 4.52 Å². The zero-order valence-electron chi connectivity index (χ0n) is 14.9. The summed E-state index contributed by atoms with van der Waals surface area (Å²) in [5.41, 5.74) is 1.17. The molecular weight excluding hydrogens is 302 g/mol. The second kappa shape index (κ2) is 7.85. The van der Waals surface area contributed by atoms with E-state index in [-0.39, 0.29) is 6.04 Å². The van der Waals surface area contributed by atoms with Gasteiger partial charge in [0, 0.05) is 57.0 Å². The van der Waals surface area contributed by atoms with E-state index in [0.29, 0.717) is 5.92 Å². The maximum absolute atomic E-state index is 5.45. The Hall–Kier alpha value is -1.79. The Morgan fingerprint density at radius 1 is 1.12 bits per heavy atom. The van der Waals surface area contributed by atoms with Gasteiger partial charge in [-0.15, -0.1) is 0 Å². The zero-order valence-corrected chi connectivity index (χ0v) is 14.9. The average molecular weight is 329 g/mol. The molecule has 1 atom stereocenters. The average Bonchev–Trinajstić information content (AvgIpc) is 3.11. The molecule has 2 aromatic heterocycles. The number of hydrogen-bond donors (Lipinski definition) is 0. The Labute approximate surface area is 143 Å². The highest BCUT2D eigenvalue weighted by Crippen LogP contribution is 2.21. The fourth-order valence-electron chi connectivity index (χ4n) is 3.00. The van der Waals surface area contributed by atoms with Crippen LogP contribution in [0.5, 0.6) is 0 Å². The Bertz CT molecular complexity index is 619. The highest BCUT2D eigenvalue weighted by atomic mass is 16.5. The maximum atomic E-state index is 5.45. The van der Waals surface area contributed by atoms with E-state index in [9.17, 15) is 0 Å². The van der Waals surface area contributed by atoms with Gasteiger partial charge in [-0.1, -0.05) is 25.1 Å². The molecule has 3 rings (SSSR count). The molecule has 0 amide bonds. The quantitative estimate of drug-likeness (QED) is 0.811. The summed E-state index contributed by atoms with van der Waals surface area (Å²) in [4.78, 5) is 13.9. The van der Waals surface area contributed by atoms with Crippen LogP contribution in [0.2, 0.25) is 0 Å². The van der Waals surface area contributed by atoms with E-state index >= 15 is 0 Å². The van der Waals surface area contributed by atoms with Gasteiger partial charge in [0.25, 0.3) is 0 Å². The van der Waals surface area contributed by atoms with E-state index in [1.807, 2.05) is 12.3 Å². The standard InChI is InChI=1S/C18H27N5O/c1-14(2)17-20-18(24-21-17)15(3)23-12-10-22(11-13-23)9-7-16-6-4-5-8-19-16/h4-6,8,14-15H,7,9-13H2,1-3H3/t15-/m1/s1. The highest BCUT2D eigenvalue weighted by molar-refractivity contribution is 5.04. The lowest BCUT2D eigenvalue weighted by Crippen LogP contribution is -2.47. The predicted octanol–water partition coefficient (Wildman–Crippen LogP) is 2.51. The van der Waals surface area contributed by atoms with Crippen molar-refractivity contribution in [1.82, 2.24) is 24.9 Å². The molecule has 0 saturated carbocycles. The van der Waals surface area contributed by atoms with Gasteiger partial charge in [-0.2, -0.15) is 4.98 Å². The van der Waals surface area contributed by atoms with Crippen LogP contribution >= 0.6 is 0 Å². The predicted molar refractivity (Wildman–Crippen MR) is 92.8 cm³/mol. The van der Waals surface area contributed by atoms with Gasteiger partial charge in [-0.05, 0) is 19.1 Å². The number of hydrogen-bond acceptors (Lipinski definition) is 6. The Kier molecular flexibility index (Phi) is 5.58. The minimum Gasteiger partial charge on any atom is -0.338 e. The first kappa shape index (κ1) is 17.0. The largest absolute Gasteiger partial charge is 0.338 e. The first-order valence-electron chi connectivity index (χ1n) is 8.83. The van der Waals surface area contributed by atoms with E-state index < -0.39 is 0 Å². The smallest absolute Gasteiger partial charge is 0.243 e. The summed E-state index contributed by atoms with van der Waals surface area (Å²) in [6.07, 6.45) is 2.88. The van der Waals surface area contributed by atoms with Crippen molar-refractivity contribution >= 4 is 0 Å². The summed E-state index contributed by atoms with van der Waals surface area (Å²) in [6, 6.07) is 6.30. The molecule has 1 aliphatic heterocycles. The van der Waals surface area contributed by atoms with Gasteiger partial charge >= 0.3 is 0 Å². The molecule has 1 fully saturated rings. The highest BCUT2D eigenvalue weighted by Gasteiger charge is 2.26. The van der Waals surface area contributed by atoms with Gasteiger partial charge < -0.3 is 9.42 Å². The van der Waals surface area contributed by atoms with E-state index in [1.165, 1.54) is 5.69 Å². The fraction of sp³-hybridized carbons (Fsp3) is 0.611. The first-order valence-corrected chi connectivity index (χ1v) is 8.83. The van der Waals surface area contributed by atoms with Gasteiger partial charge in [0.2, 0.25) is 5.89 Å². The number of pyridine rings is 1. The monoisotopic (exact) mass is 329 g/mol. The van der Waals surface area contributed by atoms with E-state index in [2.05, 4.69) is 57.8 Å². The van der Waals surface area contributed by atoms with Crippen LogP contribution in [0.4, 0.5) is 0 Å². The van der Waals surface area contributed by atoms with Gasteiger partial charge in [-0.25, -0.2) is 0 Å². The summed E-state index contributed by atoms with van der Waals surface area (Å²) < 4.78 is 5.45. The van der Waals surface area contributed by atoms with Crippen LogP contribution in [-0.2, 0) is 6.42 Å². The van der Waals surface area contributed by atoms with Crippen LogP contribution in [0.15, 0.2) is 28.9 Å². The summed E-state index contributed by atoms with van der Waals surface area (Å²) in [6.45, 7) is 11.6. The lowest BCUT2D eigenvalue weighted by molar-refractivity contribution is 0.0889. The summed E-state index contributed by atoms with van der Waals surface area (Å²) >= 11 is 0. The van der Waals surface area contributed by atoms with Crippen LogP contribution in [0.1, 0.15) is 50.1 Å². The van der Waals surface area contributed by atoms with E-state index in [1.54, 1.807) is 0 Å².